The van der Waals surface area contributed by atoms with Gasteiger partial charge >= 0.3 is 0 Å². The van der Waals surface area contributed by atoms with E-state index in [1.807, 2.05) is 13.8 Å². The topological polar surface area (TPSA) is 123 Å². The van der Waals surface area contributed by atoms with Crippen molar-refractivity contribution in [2.45, 2.75) is 45.3 Å². The van der Waals surface area contributed by atoms with Crippen LogP contribution in [-0.4, -0.2) is 34.0 Å². The molecule has 138 valence electrons. The third-order valence-corrected chi connectivity index (χ3v) is 4.72. The maximum Gasteiger partial charge on any atom is 0.252 e. The lowest BCUT2D eigenvalue weighted by atomic mass is 9.78. The third kappa shape index (κ3) is 3.75. The molecule has 0 unspecified atom stereocenters. The number of anilines is 1. The molecule has 8 nitrogen and oxygen atoms in total. The summed E-state index contributed by atoms with van der Waals surface area (Å²) in [5, 5.41) is 3.30. The molecule has 1 fully saturated rings. The molecular formula is C18H23N5O3. The maximum absolute atomic E-state index is 11.8. The van der Waals surface area contributed by atoms with Gasteiger partial charge in [0.2, 0.25) is 0 Å². The van der Waals surface area contributed by atoms with Crippen molar-refractivity contribution >= 4 is 11.7 Å². The molecular weight excluding hydrogens is 334 g/mol. The second kappa shape index (κ2) is 7.25. The SMILES string of the molecule is COCc1nc(C2CC(Nc3nc(C)c(C)cc3C(N)=O)C2)cc(=O)[nH]1. The summed E-state index contributed by atoms with van der Waals surface area (Å²) in [6.07, 6.45) is 1.60. The van der Waals surface area contributed by atoms with Crippen LogP contribution in [0.5, 0.6) is 0 Å². The van der Waals surface area contributed by atoms with Crippen LogP contribution in [0.25, 0.3) is 0 Å². The number of amides is 1. The Kier molecular flexibility index (Phi) is 5.03. The predicted molar refractivity (Wildman–Crippen MR) is 97.2 cm³/mol. The summed E-state index contributed by atoms with van der Waals surface area (Å²) in [5.41, 5.74) is 8.24. The number of rotatable bonds is 6. The molecule has 1 saturated carbocycles. The van der Waals surface area contributed by atoms with Gasteiger partial charge in [-0.25, -0.2) is 9.97 Å². The second-order valence-corrected chi connectivity index (χ2v) is 6.71. The van der Waals surface area contributed by atoms with Crippen LogP contribution in [0.1, 0.15) is 51.9 Å². The first kappa shape index (κ1) is 18.1. The average Bonchev–Trinajstić information content (AvgIpc) is 2.52. The highest BCUT2D eigenvalue weighted by Gasteiger charge is 2.32. The maximum atomic E-state index is 11.8. The van der Waals surface area contributed by atoms with Crippen LogP contribution < -0.4 is 16.6 Å². The molecule has 1 amide bonds. The number of H-pyrrole nitrogens is 1. The van der Waals surface area contributed by atoms with Crippen molar-refractivity contribution in [3.8, 4) is 0 Å². The zero-order valence-electron chi connectivity index (χ0n) is 15.1. The van der Waals surface area contributed by atoms with Gasteiger partial charge in [0, 0.05) is 30.8 Å². The van der Waals surface area contributed by atoms with Crippen LogP contribution in [0, 0.1) is 13.8 Å². The highest BCUT2D eigenvalue weighted by Crippen LogP contribution is 2.37. The van der Waals surface area contributed by atoms with E-state index in [0.29, 0.717) is 17.2 Å². The number of nitrogens with one attached hydrogen (secondary N) is 2. The molecule has 2 heterocycles. The largest absolute Gasteiger partial charge is 0.377 e. The lowest BCUT2D eigenvalue weighted by Crippen LogP contribution is -2.36. The number of hydrogen-bond donors (Lipinski definition) is 3. The molecule has 0 saturated heterocycles. The first-order valence-corrected chi connectivity index (χ1v) is 8.51. The Morgan fingerprint density at radius 2 is 2.08 bits per heavy atom. The van der Waals surface area contributed by atoms with Gasteiger partial charge in [-0.15, -0.1) is 0 Å². The molecule has 8 heteroatoms. The molecule has 3 rings (SSSR count). The number of carbonyl (C=O) groups excluding carboxylic acids is 1. The van der Waals surface area contributed by atoms with Gasteiger partial charge in [-0.05, 0) is 38.3 Å². The molecule has 2 aromatic heterocycles. The number of ether oxygens (including phenoxy) is 1. The van der Waals surface area contributed by atoms with Gasteiger partial charge in [-0.3, -0.25) is 9.59 Å². The first-order valence-electron chi connectivity index (χ1n) is 8.51. The number of nitrogens with two attached hydrogens (primary N) is 1. The van der Waals surface area contributed by atoms with E-state index < -0.39 is 5.91 Å². The van der Waals surface area contributed by atoms with E-state index in [1.54, 1.807) is 13.2 Å². The molecule has 0 aromatic carbocycles. The van der Waals surface area contributed by atoms with E-state index in [2.05, 4.69) is 20.3 Å². The van der Waals surface area contributed by atoms with Gasteiger partial charge in [0.15, 0.2) is 0 Å². The van der Waals surface area contributed by atoms with E-state index in [1.165, 1.54) is 6.07 Å². The summed E-state index contributed by atoms with van der Waals surface area (Å²) >= 11 is 0. The highest BCUT2D eigenvalue weighted by atomic mass is 16.5. The lowest BCUT2D eigenvalue weighted by molar-refractivity contribution is 0.100. The van der Waals surface area contributed by atoms with E-state index in [9.17, 15) is 9.59 Å². The summed E-state index contributed by atoms with van der Waals surface area (Å²) in [6.45, 7) is 4.06. The molecule has 0 spiro atoms. The molecule has 0 bridgehead atoms. The number of methoxy groups -OCH3 is 1. The Balaban J connectivity index is 1.71. The fourth-order valence-corrected chi connectivity index (χ4v) is 3.12. The van der Waals surface area contributed by atoms with Crippen LogP contribution in [-0.2, 0) is 11.3 Å². The second-order valence-electron chi connectivity index (χ2n) is 6.71. The molecule has 1 aliphatic carbocycles. The van der Waals surface area contributed by atoms with Crippen molar-refractivity contribution < 1.29 is 9.53 Å². The summed E-state index contributed by atoms with van der Waals surface area (Å²) < 4.78 is 5.03. The highest BCUT2D eigenvalue weighted by molar-refractivity contribution is 5.97. The van der Waals surface area contributed by atoms with E-state index >= 15 is 0 Å². The van der Waals surface area contributed by atoms with Crippen LogP contribution in [0.15, 0.2) is 16.9 Å². The number of carbonyl (C=O) groups is 1. The Labute approximate surface area is 151 Å². The summed E-state index contributed by atoms with van der Waals surface area (Å²) in [4.78, 5) is 35.0. The lowest BCUT2D eigenvalue weighted by Gasteiger charge is -2.36. The van der Waals surface area contributed by atoms with Gasteiger partial charge in [0.1, 0.15) is 18.2 Å². The Bertz CT molecular complexity index is 887. The van der Waals surface area contributed by atoms with Gasteiger partial charge in [0.05, 0.1) is 11.3 Å². The number of aryl methyl sites for hydroxylation is 2. The van der Waals surface area contributed by atoms with Crippen molar-refractivity contribution in [3.05, 3.63) is 50.8 Å². The molecule has 0 atom stereocenters. The van der Waals surface area contributed by atoms with Crippen molar-refractivity contribution in [1.29, 1.82) is 0 Å². The smallest absolute Gasteiger partial charge is 0.252 e. The van der Waals surface area contributed by atoms with Crippen LogP contribution in [0.2, 0.25) is 0 Å². The number of aromatic nitrogens is 3. The predicted octanol–water partition coefficient (Wildman–Crippen LogP) is 1.39. The third-order valence-electron chi connectivity index (χ3n) is 4.72. The number of primary amides is 1. The standard InChI is InChI=1S/C18H23N5O3/c1-9-4-13(17(19)25)18(20-10(9)2)21-12-5-11(6-12)14-7-16(24)23-15(22-14)8-26-3/h4,7,11-12H,5-6,8H2,1-3H3,(H2,19,25)(H,20,21)(H,22,23,24). The monoisotopic (exact) mass is 357 g/mol. The first-order chi connectivity index (χ1) is 12.4. The summed E-state index contributed by atoms with van der Waals surface area (Å²) in [7, 11) is 1.56. The minimum atomic E-state index is -0.501. The summed E-state index contributed by atoms with van der Waals surface area (Å²) in [5.74, 6) is 0.731. The fourth-order valence-electron chi connectivity index (χ4n) is 3.12. The Morgan fingerprint density at radius 3 is 2.73 bits per heavy atom. The van der Waals surface area contributed by atoms with Gasteiger partial charge in [-0.2, -0.15) is 0 Å². The van der Waals surface area contributed by atoms with Crippen LogP contribution >= 0.6 is 0 Å². The van der Waals surface area contributed by atoms with E-state index in [0.717, 1.165) is 29.8 Å². The normalized spacial score (nSPS) is 19.0. The molecule has 2 aromatic rings. The number of aromatic amines is 1. The number of nitrogens with zero attached hydrogens (tertiary/aromatic N) is 2. The van der Waals surface area contributed by atoms with E-state index in [-0.39, 0.29) is 24.1 Å². The zero-order valence-corrected chi connectivity index (χ0v) is 15.1. The quantitative estimate of drug-likeness (QED) is 0.718. The fraction of sp³-hybridized carbons (Fsp3) is 0.444. The van der Waals surface area contributed by atoms with Crippen LogP contribution in [0.4, 0.5) is 5.82 Å². The molecule has 0 radical (unpaired) electrons. The van der Waals surface area contributed by atoms with Gasteiger partial charge in [-0.1, -0.05) is 0 Å². The van der Waals surface area contributed by atoms with Crippen molar-refractivity contribution in [2.75, 3.05) is 12.4 Å². The van der Waals surface area contributed by atoms with Crippen molar-refractivity contribution in [2.24, 2.45) is 5.73 Å². The van der Waals surface area contributed by atoms with Crippen LogP contribution in [0.3, 0.4) is 0 Å². The Hall–Kier alpha value is -2.74. The van der Waals surface area contributed by atoms with Gasteiger partial charge in [0.25, 0.3) is 11.5 Å². The molecule has 1 aliphatic rings. The summed E-state index contributed by atoms with van der Waals surface area (Å²) in [6, 6.07) is 3.45. The van der Waals surface area contributed by atoms with Gasteiger partial charge < -0.3 is 20.8 Å². The number of pyridine rings is 1. The molecule has 4 N–H and O–H groups in total. The molecule has 26 heavy (non-hydrogen) atoms. The average molecular weight is 357 g/mol. The minimum Gasteiger partial charge on any atom is -0.377 e. The van der Waals surface area contributed by atoms with Crippen molar-refractivity contribution in [1.82, 2.24) is 15.0 Å². The number of hydrogen-bond acceptors (Lipinski definition) is 6. The van der Waals surface area contributed by atoms with Crippen molar-refractivity contribution in [3.63, 3.8) is 0 Å². The Morgan fingerprint density at radius 1 is 1.35 bits per heavy atom. The minimum absolute atomic E-state index is 0.152. The molecule has 0 aliphatic heterocycles. The van der Waals surface area contributed by atoms with E-state index in [4.69, 9.17) is 10.5 Å². The zero-order chi connectivity index (χ0) is 18.8.